The topological polar surface area (TPSA) is 70.7 Å². The summed E-state index contributed by atoms with van der Waals surface area (Å²) in [6.07, 6.45) is 0. The lowest BCUT2D eigenvalue weighted by Gasteiger charge is -2.17. The van der Waals surface area contributed by atoms with Crippen molar-refractivity contribution in [2.24, 2.45) is 0 Å². The molecule has 0 saturated carbocycles. The Balaban J connectivity index is 1.86. The Morgan fingerprint density at radius 2 is 1.54 bits per heavy atom. The number of benzene rings is 2. The largest absolute Gasteiger partial charge is 0.495 e. The Labute approximate surface area is 162 Å². The van der Waals surface area contributed by atoms with E-state index in [0.717, 1.165) is 0 Å². The van der Waals surface area contributed by atoms with Crippen LogP contribution < -0.4 is 15.4 Å². The molecule has 8 heteroatoms. The molecular weight excluding hydrogens is 377 g/mol. The van der Waals surface area contributed by atoms with E-state index in [1.54, 1.807) is 54.4 Å². The normalized spacial score (nSPS) is 10.5. The summed E-state index contributed by atoms with van der Waals surface area (Å²) in [5.41, 5.74) is 1.12. The first-order valence-electron chi connectivity index (χ1n) is 7.74. The first kappa shape index (κ1) is 20.0. The number of carbonyl (C=O) groups excluding carboxylic acids is 2. The second kappa shape index (κ2) is 9.43. The highest BCUT2D eigenvalue weighted by Crippen LogP contribution is 2.27. The van der Waals surface area contributed by atoms with Crippen molar-refractivity contribution in [1.29, 1.82) is 0 Å². The van der Waals surface area contributed by atoms with Gasteiger partial charge in [-0.25, -0.2) is 0 Å². The number of halogens is 2. The number of hydrogen-bond acceptors (Lipinski definition) is 4. The number of nitrogens with one attached hydrogen (secondary N) is 2. The average Bonchev–Trinajstić information content (AvgIpc) is 2.56. The van der Waals surface area contributed by atoms with Gasteiger partial charge in [0.05, 0.1) is 25.9 Å². The molecule has 2 amide bonds. The molecule has 0 aliphatic rings. The molecule has 0 spiro atoms. The van der Waals surface area contributed by atoms with Gasteiger partial charge in [0.1, 0.15) is 5.75 Å². The average molecular weight is 396 g/mol. The van der Waals surface area contributed by atoms with E-state index < -0.39 is 0 Å². The molecule has 0 radical (unpaired) electrons. The molecule has 138 valence electrons. The van der Waals surface area contributed by atoms with Gasteiger partial charge in [-0.15, -0.1) is 0 Å². The van der Waals surface area contributed by atoms with Crippen LogP contribution in [0.2, 0.25) is 10.0 Å². The lowest BCUT2D eigenvalue weighted by molar-refractivity contribution is -0.119. The summed E-state index contributed by atoms with van der Waals surface area (Å²) in [4.78, 5) is 25.8. The summed E-state index contributed by atoms with van der Waals surface area (Å²) < 4.78 is 5.19. The zero-order valence-electron chi connectivity index (χ0n) is 14.4. The second-order valence-corrected chi connectivity index (χ2v) is 6.49. The van der Waals surface area contributed by atoms with Crippen LogP contribution in [-0.2, 0) is 9.59 Å². The minimum absolute atomic E-state index is 0.0315. The SMILES string of the molecule is COc1ccc(Cl)cc1NC(=O)CN(C)CC(=O)Nc1ccc(Cl)cc1. The molecule has 0 atom stereocenters. The molecule has 0 saturated heterocycles. The molecule has 0 aliphatic heterocycles. The fourth-order valence-electron chi connectivity index (χ4n) is 2.25. The highest BCUT2D eigenvalue weighted by atomic mass is 35.5. The third-order valence-corrected chi connectivity index (χ3v) is 3.88. The molecule has 2 N–H and O–H groups in total. The van der Waals surface area contributed by atoms with E-state index >= 15 is 0 Å². The molecule has 26 heavy (non-hydrogen) atoms. The van der Waals surface area contributed by atoms with Crippen molar-refractivity contribution >= 4 is 46.4 Å². The molecule has 6 nitrogen and oxygen atoms in total. The smallest absolute Gasteiger partial charge is 0.238 e. The molecule has 0 fully saturated rings. The molecule has 0 heterocycles. The van der Waals surface area contributed by atoms with Crippen LogP contribution in [0.5, 0.6) is 5.75 Å². The highest BCUT2D eigenvalue weighted by Gasteiger charge is 2.13. The number of likely N-dealkylation sites (N-methyl/N-ethyl adjacent to an activating group) is 1. The monoisotopic (exact) mass is 395 g/mol. The van der Waals surface area contributed by atoms with Gasteiger partial charge in [-0.05, 0) is 49.5 Å². The predicted molar refractivity (Wildman–Crippen MR) is 104 cm³/mol. The number of amides is 2. The van der Waals surface area contributed by atoms with Gasteiger partial charge in [0.2, 0.25) is 11.8 Å². The highest BCUT2D eigenvalue weighted by molar-refractivity contribution is 6.31. The third-order valence-electron chi connectivity index (χ3n) is 3.39. The minimum atomic E-state index is -0.285. The van der Waals surface area contributed by atoms with Crippen LogP contribution in [0.4, 0.5) is 11.4 Å². The Morgan fingerprint density at radius 1 is 0.962 bits per heavy atom. The fraction of sp³-hybridized carbons (Fsp3) is 0.222. The van der Waals surface area contributed by atoms with Crippen molar-refractivity contribution in [2.75, 3.05) is 37.9 Å². The van der Waals surface area contributed by atoms with Gasteiger partial charge >= 0.3 is 0 Å². The van der Waals surface area contributed by atoms with Crippen molar-refractivity contribution in [3.63, 3.8) is 0 Å². The number of nitrogens with zero attached hydrogens (tertiary/aromatic N) is 1. The number of carbonyl (C=O) groups is 2. The second-order valence-electron chi connectivity index (χ2n) is 5.62. The van der Waals surface area contributed by atoms with Crippen LogP contribution in [0.15, 0.2) is 42.5 Å². The van der Waals surface area contributed by atoms with Gasteiger partial charge in [-0.2, -0.15) is 0 Å². The van der Waals surface area contributed by atoms with Crippen molar-refractivity contribution < 1.29 is 14.3 Å². The Bertz CT molecular complexity index is 782. The van der Waals surface area contributed by atoms with Gasteiger partial charge in [0.15, 0.2) is 0 Å². The fourth-order valence-corrected chi connectivity index (χ4v) is 2.55. The van der Waals surface area contributed by atoms with Crippen LogP contribution >= 0.6 is 23.2 Å². The number of rotatable bonds is 7. The number of ether oxygens (including phenoxy) is 1. The van der Waals surface area contributed by atoms with Crippen molar-refractivity contribution in [3.05, 3.63) is 52.5 Å². The zero-order chi connectivity index (χ0) is 19.1. The quantitative estimate of drug-likeness (QED) is 0.752. The Hall–Kier alpha value is -2.28. The summed E-state index contributed by atoms with van der Waals surface area (Å²) in [5.74, 6) is -0.0128. The number of hydrogen-bond donors (Lipinski definition) is 2. The van der Waals surface area contributed by atoms with Gasteiger partial charge in [0, 0.05) is 15.7 Å². The van der Waals surface area contributed by atoms with Crippen molar-refractivity contribution in [3.8, 4) is 5.75 Å². The van der Waals surface area contributed by atoms with E-state index in [2.05, 4.69) is 10.6 Å². The standard InChI is InChI=1S/C18H19Cl2N3O3/c1-23(10-17(24)21-14-6-3-12(19)4-7-14)11-18(25)22-15-9-13(20)5-8-16(15)26-2/h3-9H,10-11H2,1-2H3,(H,21,24)(H,22,25). The zero-order valence-corrected chi connectivity index (χ0v) is 15.9. The maximum absolute atomic E-state index is 12.2. The summed E-state index contributed by atoms with van der Waals surface area (Å²) in [7, 11) is 3.18. The maximum Gasteiger partial charge on any atom is 0.238 e. The molecule has 2 aromatic rings. The van der Waals surface area contributed by atoms with E-state index in [4.69, 9.17) is 27.9 Å². The maximum atomic E-state index is 12.2. The van der Waals surface area contributed by atoms with Crippen molar-refractivity contribution in [1.82, 2.24) is 4.90 Å². The van der Waals surface area contributed by atoms with Gasteiger partial charge in [-0.1, -0.05) is 23.2 Å². The number of methoxy groups -OCH3 is 1. The molecule has 0 unspecified atom stereocenters. The van der Waals surface area contributed by atoms with E-state index in [1.165, 1.54) is 7.11 Å². The Kier molecular flexibility index (Phi) is 7.26. The molecular formula is C18H19Cl2N3O3. The third kappa shape index (κ3) is 6.22. The summed E-state index contributed by atoms with van der Waals surface area (Å²) >= 11 is 11.7. The molecule has 0 aliphatic carbocycles. The van der Waals surface area contributed by atoms with Crippen molar-refractivity contribution in [2.45, 2.75) is 0 Å². The lowest BCUT2D eigenvalue weighted by atomic mass is 10.3. The molecule has 2 aromatic carbocycles. The molecule has 2 rings (SSSR count). The van der Waals surface area contributed by atoms with E-state index in [-0.39, 0.29) is 24.9 Å². The summed E-state index contributed by atoms with van der Waals surface area (Å²) in [6.45, 7) is 0.0897. The Morgan fingerprint density at radius 3 is 2.15 bits per heavy atom. The van der Waals surface area contributed by atoms with E-state index in [9.17, 15) is 9.59 Å². The molecule has 0 bridgehead atoms. The van der Waals surface area contributed by atoms with Crippen LogP contribution in [0.25, 0.3) is 0 Å². The number of anilines is 2. The van der Waals surface area contributed by atoms with Crippen LogP contribution in [0, 0.1) is 0 Å². The first-order valence-corrected chi connectivity index (χ1v) is 8.50. The van der Waals surface area contributed by atoms with Gasteiger partial charge in [-0.3, -0.25) is 14.5 Å². The van der Waals surface area contributed by atoms with E-state index in [0.29, 0.717) is 27.2 Å². The lowest BCUT2D eigenvalue weighted by Crippen LogP contribution is -2.36. The van der Waals surface area contributed by atoms with Crippen LogP contribution in [0.3, 0.4) is 0 Å². The van der Waals surface area contributed by atoms with Crippen LogP contribution in [-0.4, -0.2) is 44.0 Å². The predicted octanol–water partition coefficient (Wildman–Crippen LogP) is 3.51. The minimum Gasteiger partial charge on any atom is -0.495 e. The van der Waals surface area contributed by atoms with Crippen LogP contribution in [0.1, 0.15) is 0 Å². The summed E-state index contributed by atoms with van der Waals surface area (Å²) in [5, 5.41) is 6.54. The summed E-state index contributed by atoms with van der Waals surface area (Å²) in [6, 6.07) is 11.7. The van der Waals surface area contributed by atoms with Gasteiger partial charge in [0.25, 0.3) is 0 Å². The van der Waals surface area contributed by atoms with E-state index in [1.807, 2.05) is 0 Å². The van der Waals surface area contributed by atoms with Gasteiger partial charge < -0.3 is 15.4 Å². The molecule has 0 aromatic heterocycles. The first-order chi connectivity index (χ1) is 12.4.